The largest absolute Gasteiger partial charge is 0.370 e. The van der Waals surface area contributed by atoms with Gasteiger partial charge in [-0.15, -0.1) is 0 Å². The molecule has 6 nitrogen and oxygen atoms in total. The highest BCUT2D eigenvalue weighted by Crippen LogP contribution is 2.29. The van der Waals surface area contributed by atoms with Gasteiger partial charge in [0, 0.05) is 25.2 Å². The molecule has 6 heteroatoms. The number of carbonyl (C=O) groups excluding carboxylic acids is 1. The van der Waals surface area contributed by atoms with Crippen molar-refractivity contribution in [2.75, 3.05) is 29.9 Å². The summed E-state index contributed by atoms with van der Waals surface area (Å²) in [6.45, 7) is 6.51. The molecule has 3 N–H and O–H groups in total. The fourth-order valence-corrected chi connectivity index (χ4v) is 2.66. The van der Waals surface area contributed by atoms with Crippen molar-refractivity contribution < 1.29 is 4.79 Å². The van der Waals surface area contributed by atoms with E-state index in [-0.39, 0.29) is 11.8 Å². The number of primary amides is 1. The maximum atomic E-state index is 11.3. The van der Waals surface area contributed by atoms with E-state index in [1.54, 1.807) is 6.33 Å². The molecule has 0 bridgehead atoms. The molecular weight excluding hydrogens is 254 g/mol. The van der Waals surface area contributed by atoms with E-state index in [9.17, 15) is 4.79 Å². The fraction of sp³-hybridized carbons (Fsp3) is 0.643. The molecule has 1 aromatic heterocycles. The van der Waals surface area contributed by atoms with Crippen molar-refractivity contribution in [2.45, 2.75) is 33.1 Å². The predicted octanol–water partition coefficient (Wildman–Crippen LogP) is 1.17. The van der Waals surface area contributed by atoms with Crippen LogP contribution in [0.25, 0.3) is 0 Å². The summed E-state index contributed by atoms with van der Waals surface area (Å²) in [5, 5.41) is 3.29. The van der Waals surface area contributed by atoms with Crippen LogP contribution < -0.4 is 16.0 Å². The summed E-state index contributed by atoms with van der Waals surface area (Å²) >= 11 is 0. The minimum atomic E-state index is -0.217. The van der Waals surface area contributed by atoms with Crippen LogP contribution in [0.15, 0.2) is 6.33 Å². The summed E-state index contributed by atoms with van der Waals surface area (Å²) in [7, 11) is 0. The summed E-state index contributed by atoms with van der Waals surface area (Å²) in [4.78, 5) is 22.2. The van der Waals surface area contributed by atoms with Crippen molar-refractivity contribution in [3.8, 4) is 0 Å². The molecule has 2 heterocycles. The van der Waals surface area contributed by atoms with E-state index in [1.807, 2.05) is 0 Å². The van der Waals surface area contributed by atoms with E-state index in [4.69, 9.17) is 5.73 Å². The van der Waals surface area contributed by atoms with Gasteiger partial charge in [-0.25, -0.2) is 9.97 Å². The monoisotopic (exact) mass is 277 g/mol. The molecular formula is C14H23N5O. The van der Waals surface area contributed by atoms with Gasteiger partial charge in [-0.3, -0.25) is 4.79 Å². The summed E-state index contributed by atoms with van der Waals surface area (Å²) in [6, 6.07) is 0. The molecule has 110 valence electrons. The highest BCUT2D eigenvalue weighted by Gasteiger charge is 2.29. The van der Waals surface area contributed by atoms with Gasteiger partial charge in [-0.1, -0.05) is 13.3 Å². The molecule has 1 aliphatic heterocycles. The Morgan fingerprint density at radius 2 is 2.30 bits per heavy atom. The van der Waals surface area contributed by atoms with E-state index in [2.05, 4.69) is 34.0 Å². The normalized spacial score (nSPS) is 18.3. The van der Waals surface area contributed by atoms with Gasteiger partial charge in [0.15, 0.2) is 0 Å². The van der Waals surface area contributed by atoms with Crippen LogP contribution in [0.4, 0.5) is 11.6 Å². The molecule has 1 aromatic rings. The molecule has 0 spiro atoms. The Kier molecular flexibility index (Phi) is 4.76. The van der Waals surface area contributed by atoms with E-state index in [0.717, 1.165) is 49.6 Å². The van der Waals surface area contributed by atoms with Crippen LogP contribution in [0.5, 0.6) is 0 Å². The molecule has 1 saturated heterocycles. The average molecular weight is 277 g/mol. The lowest BCUT2D eigenvalue weighted by atomic mass is 10.1. The lowest BCUT2D eigenvalue weighted by molar-refractivity contribution is -0.121. The third-order valence-corrected chi connectivity index (χ3v) is 3.66. The fourth-order valence-electron chi connectivity index (χ4n) is 2.66. The van der Waals surface area contributed by atoms with Crippen molar-refractivity contribution in [1.29, 1.82) is 0 Å². The van der Waals surface area contributed by atoms with Gasteiger partial charge >= 0.3 is 0 Å². The first-order valence-corrected chi connectivity index (χ1v) is 7.29. The zero-order chi connectivity index (χ0) is 14.5. The quantitative estimate of drug-likeness (QED) is 0.815. The molecule has 1 aliphatic rings. The van der Waals surface area contributed by atoms with Crippen LogP contribution >= 0.6 is 0 Å². The van der Waals surface area contributed by atoms with Gasteiger partial charge in [0.2, 0.25) is 5.91 Å². The third kappa shape index (κ3) is 3.00. The number of nitrogens with two attached hydrogens (primary N) is 1. The molecule has 1 amide bonds. The van der Waals surface area contributed by atoms with Crippen molar-refractivity contribution in [1.82, 2.24) is 9.97 Å². The molecule has 0 radical (unpaired) electrons. The number of carbonyl (C=O) groups is 1. The minimum Gasteiger partial charge on any atom is -0.370 e. The second kappa shape index (κ2) is 6.54. The first kappa shape index (κ1) is 14.6. The Morgan fingerprint density at radius 3 is 2.90 bits per heavy atom. The second-order valence-corrected chi connectivity index (χ2v) is 5.14. The summed E-state index contributed by atoms with van der Waals surface area (Å²) < 4.78 is 0. The number of hydrogen-bond acceptors (Lipinski definition) is 5. The van der Waals surface area contributed by atoms with Gasteiger partial charge in [0.05, 0.1) is 5.92 Å². The SMILES string of the molecule is CCCc1c(NCC)ncnc1N1CCC(C(N)=O)C1. The van der Waals surface area contributed by atoms with Gasteiger partial charge < -0.3 is 16.0 Å². The summed E-state index contributed by atoms with van der Waals surface area (Å²) in [5.41, 5.74) is 6.54. The maximum Gasteiger partial charge on any atom is 0.222 e. The van der Waals surface area contributed by atoms with Gasteiger partial charge in [-0.05, 0) is 19.8 Å². The van der Waals surface area contributed by atoms with Crippen LogP contribution in [0.2, 0.25) is 0 Å². The summed E-state index contributed by atoms with van der Waals surface area (Å²) in [6.07, 6.45) is 4.35. The number of aromatic nitrogens is 2. The molecule has 0 aliphatic carbocycles. The average Bonchev–Trinajstić information content (AvgIpc) is 2.91. The Hall–Kier alpha value is -1.85. The predicted molar refractivity (Wildman–Crippen MR) is 79.7 cm³/mol. The first-order chi connectivity index (χ1) is 9.67. The Balaban J connectivity index is 2.26. The molecule has 1 fully saturated rings. The standard InChI is InChI=1S/C14H23N5O/c1-3-5-11-13(16-4-2)17-9-18-14(11)19-7-6-10(8-19)12(15)20/h9-10H,3-8H2,1-2H3,(H2,15,20)(H,16,17,18). The van der Waals surface area contributed by atoms with Gasteiger partial charge in [0.25, 0.3) is 0 Å². The minimum absolute atomic E-state index is 0.0676. The van der Waals surface area contributed by atoms with Crippen molar-refractivity contribution in [3.05, 3.63) is 11.9 Å². The number of hydrogen-bond donors (Lipinski definition) is 2. The number of anilines is 2. The van der Waals surface area contributed by atoms with E-state index in [0.29, 0.717) is 6.54 Å². The lowest BCUT2D eigenvalue weighted by Crippen LogP contribution is -2.28. The summed E-state index contributed by atoms with van der Waals surface area (Å²) in [5.74, 6) is 1.57. The van der Waals surface area contributed by atoms with E-state index < -0.39 is 0 Å². The molecule has 20 heavy (non-hydrogen) atoms. The highest BCUT2D eigenvalue weighted by atomic mass is 16.1. The number of nitrogens with one attached hydrogen (secondary N) is 1. The third-order valence-electron chi connectivity index (χ3n) is 3.66. The van der Waals surface area contributed by atoms with E-state index in [1.165, 1.54) is 0 Å². The Labute approximate surface area is 119 Å². The van der Waals surface area contributed by atoms with Crippen molar-refractivity contribution in [2.24, 2.45) is 11.7 Å². The van der Waals surface area contributed by atoms with Gasteiger partial charge in [-0.2, -0.15) is 0 Å². The number of amides is 1. The van der Waals surface area contributed by atoms with Gasteiger partial charge in [0.1, 0.15) is 18.0 Å². The van der Waals surface area contributed by atoms with E-state index >= 15 is 0 Å². The molecule has 0 aromatic carbocycles. The van der Waals surface area contributed by atoms with Crippen molar-refractivity contribution in [3.63, 3.8) is 0 Å². The van der Waals surface area contributed by atoms with Crippen LogP contribution in [0, 0.1) is 5.92 Å². The maximum absolute atomic E-state index is 11.3. The number of nitrogens with zero attached hydrogens (tertiary/aromatic N) is 3. The highest BCUT2D eigenvalue weighted by molar-refractivity contribution is 5.78. The van der Waals surface area contributed by atoms with Crippen LogP contribution in [0.3, 0.4) is 0 Å². The topological polar surface area (TPSA) is 84.1 Å². The number of rotatable bonds is 6. The molecule has 1 unspecified atom stereocenters. The van der Waals surface area contributed by atoms with Crippen LogP contribution in [-0.4, -0.2) is 35.5 Å². The smallest absolute Gasteiger partial charge is 0.222 e. The Bertz CT molecular complexity index is 477. The Morgan fingerprint density at radius 1 is 1.50 bits per heavy atom. The van der Waals surface area contributed by atoms with Crippen LogP contribution in [0.1, 0.15) is 32.3 Å². The lowest BCUT2D eigenvalue weighted by Gasteiger charge is -2.22. The second-order valence-electron chi connectivity index (χ2n) is 5.14. The molecule has 2 rings (SSSR count). The van der Waals surface area contributed by atoms with Crippen molar-refractivity contribution >= 4 is 17.5 Å². The zero-order valence-electron chi connectivity index (χ0n) is 12.2. The molecule has 0 saturated carbocycles. The van der Waals surface area contributed by atoms with Crippen LogP contribution in [-0.2, 0) is 11.2 Å². The zero-order valence-corrected chi connectivity index (χ0v) is 12.2. The molecule has 1 atom stereocenters. The first-order valence-electron chi connectivity index (χ1n) is 7.29.